The predicted octanol–water partition coefficient (Wildman–Crippen LogP) is 1.11. The lowest BCUT2D eigenvalue weighted by Gasteiger charge is -2.18. The van der Waals surface area contributed by atoms with Crippen molar-refractivity contribution >= 4 is 33.7 Å². The van der Waals surface area contributed by atoms with Crippen LogP contribution in [0.25, 0.3) is 0 Å². The van der Waals surface area contributed by atoms with Crippen LogP contribution in [0.5, 0.6) is 0 Å². The van der Waals surface area contributed by atoms with Crippen molar-refractivity contribution in [2.45, 2.75) is 19.4 Å². The summed E-state index contributed by atoms with van der Waals surface area (Å²) < 4.78 is 0.812. The number of urea groups is 1. The third-order valence-corrected chi connectivity index (χ3v) is 3.15. The molecule has 1 atom stereocenters. The quantitative estimate of drug-likeness (QED) is 0.660. The number of pyridine rings is 1. The van der Waals surface area contributed by atoms with Crippen LogP contribution in [-0.4, -0.2) is 39.3 Å². The highest BCUT2D eigenvalue weighted by molar-refractivity contribution is 9.10. The molecule has 0 aromatic carbocycles. The van der Waals surface area contributed by atoms with Gasteiger partial charge in [0.05, 0.1) is 12.2 Å². The van der Waals surface area contributed by atoms with Crippen molar-refractivity contribution in [1.29, 1.82) is 0 Å². The van der Waals surface area contributed by atoms with E-state index in [4.69, 9.17) is 5.11 Å². The average Bonchev–Trinajstić information content (AvgIpc) is 2.31. The van der Waals surface area contributed by atoms with Gasteiger partial charge in [-0.15, -0.1) is 0 Å². The zero-order valence-electron chi connectivity index (χ0n) is 10.4. The van der Waals surface area contributed by atoms with Gasteiger partial charge in [0, 0.05) is 4.47 Å². The molecule has 2 amide bonds. The summed E-state index contributed by atoms with van der Waals surface area (Å²) in [6, 6.07) is 2.67. The van der Waals surface area contributed by atoms with Gasteiger partial charge in [0.2, 0.25) is 0 Å². The highest BCUT2D eigenvalue weighted by Crippen LogP contribution is 2.16. The van der Waals surface area contributed by atoms with Crippen molar-refractivity contribution in [2.75, 3.05) is 11.9 Å². The van der Waals surface area contributed by atoms with Crippen molar-refractivity contribution < 1.29 is 19.8 Å². The summed E-state index contributed by atoms with van der Waals surface area (Å²) in [5, 5.41) is 22.8. The van der Waals surface area contributed by atoms with E-state index in [0.29, 0.717) is 11.5 Å². The Labute approximate surface area is 118 Å². The van der Waals surface area contributed by atoms with Crippen LogP contribution in [-0.2, 0) is 4.79 Å². The van der Waals surface area contributed by atoms with Crippen LogP contribution in [0.3, 0.4) is 0 Å². The van der Waals surface area contributed by atoms with Gasteiger partial charge in [-0.05, 0) is 41.9 Å². The standard InChI is InChI=1S/C11H14BrN3O4/c1-6-7(12)3-4-8(14-6)15-10(18)13-5-11(2,19)9(16)17/h3-4,19H,5H2,1-2H3,(H,16,17)(H2,13,14,15,18). The minimum atomic E-state index is -2.01. The van der Waals surface area contributed by atoms with E-state index in [1.165, 1.54) is 0 Å². The molecule has 0 aliphatic carbocycles. The van der Waals surface area contributed by atoms with Crippen LogP contribution in [0.2, 0.25) is 0 Å². The van der Waals surface area contributed by atoms with Crippen LogP contribution < -0.4 is 10.6 Å². The molecule has 0 aliphatic heterocycles. The number of aromatic nitrogens is 1. The number of aliphatic hydroxyl groups is 1. The first-order chi connectivity index (χ1) is 8.72. The van der Waals surface area contributed by atoms with E-state index in [1.807, 2.05) is 0 Å². The topological polar surface area (TPSA) is 112 Å². The number of amides is 2. The first-order valence-corrected chi connectivity index (χ1v) is 6.15. The van der Waals surface area contributed by atoms with Gasteiger partial charge in [-0.2, -0.15) is 0 Å². The lowest BCUT2D eigenvalue weighted by Crippen LogP contribution is -2.47. The van der Waals surface area contributed by atoms with E-state index in [1.54, 1.807) is 19.1 Å². The number of aryl methyl sites for hydroxylation is 1. The highest BCUT2D eigenvalue weighted by Gasteiger charge is 2.30. The number of carbonyl (C=O) groups excluding carboxylic acids is 1. The number of halogens is 1. The molecule has 0 fully saturated rings. The normalized spacial score (nSPS) is 13.5. The lowest BCUT2D eigenvalue weighted by atomic mass is 10.1. The third kappa shape index (κ3) is 4.49. The van der Waals surface area contributed by atoms with E-state index >= 15 is 0 Å². The fourth-order valence-corrected chi connectivity index (χ4v) is 1.32. The maximum atomic E-state index is 11.5. The highest BCUT2D eigenvalue weighted by atomic mass is 79.9. The monoisotopic (exact) mass is 331 g/mol. The molecule has 1 aromatic heterocycles. The number of carboxylic acids is 1. The van der Waals surface area contributed by atoms with Crippen LogP contribution >= 0.6 is 15.9 Å². The Morgan fingerprint density at radius 3 is 2.63 bits per heavy atom. The minimum Gasteiger partial charge on any atom is -0.479 e. The smallest absolute Gasteiger partial charge is 0.337 e. The molecule has 8 heteroatoms. The second-order valence-corrected chi connectivity index (χ2v) is 5.00. The van der Waals surface area contributed by atoms with Gasteiger partial charge in [-0.25, -0.2) is 14.6 Å². The first-order valence-electron chi connectivity index (χ1n) is 5.36. The molecule has 0 spiro atoms. The van der Waals surface area contributed by atoms with Crippen molar-refractivity contribution in [3.63, 3.8) is 0 Å². The summed E-state index contributed by atoms with van der Waals surface area (Å²) in [6.45, 7) is 2.45. The van der Waals surface area contributed by atoms with Gasteiger partial charge in [-0.3, -0.25) is 5.32 Å². The summed E-state index contributed by atoms with van der Waals surface area (Å²) in [4.78, 5) is 26.2. The Kier molecular flexibility index (Phi) is 4.84. The summed E-state index contributed by atoms with van der Waals surface area (Å²) in [7, 11) is 0. The molecule has 1 aromatic rings. The molecule has 0 bridgehead atoms. The van der Waals surface area contributed by atoms with Gasteiger partial charge in [0.1, 0.15) is 5.82 Å². The van der Waals surface area contributed by atoms with Crippen LogP contribution in [0, 0.1) is 6.92 Å². The van der Waals surface area contributed by atoms with Crippen LogP contribution in [0.1, 0.15) is 12.6 Å². The largest absolute Gasteiger partial charge is 0.479 e. The molecule has 1 rings (SSSR count). The van der Waals surface area contributed by atoms with E-state index in [9.17, 15) is 14.7 Å². The van der Waals surface area contributed by atoms with Gasteiger partial charge in [0.25, 0.3) is 0 Å². The first kappa shape index (κ1) is 15.4. The Bertz CT molecular complexity index is 505. The number of rotatable bonds is 4. The lowest BCUT2D eigenvalue weighted by molar-refractivity contribution is -0.155. The summed E-state index contributed by atoms with van der Waals surface area (Å²) in [5.74, 6) is -1.08. The molecule has 1 heterocycles. The second-order valence-electron chi connectivity index (χ2n) is 4.15. The molecule has 0 radical (unpaired) electrons. The predicted molar refractivity (Wildman–Crippen MR) is 72.0 cm³/mol. The van der Waals surface area contributed by atoms with Gasteiger partial charge in [0.15, 0.2) is 5.60 Å². The Morgan fingerprint density at radius 1 is 1.47 bits per heavy atom. The van der Waals surface area contributed by atoms with Crippen molar-refractivity contribution in [2.24, 2.45) is 0 Å². The molecular weight excluding hydrogens is 318 g/mol. The number of hydrogen-bond donors (Lipinski definition) is 4. The summed E-state index contributed by atoms with van der Waals surface area (Å²) in [6.07, 6.45) is 0. The third-order valence-electron chi connectivity index (χ3n) is 2.32. The fourth-order valence-electron chi connectivity index (χ4n) is 1.10. The van der Waals surface area contributed by atoms with E-state index in [-0.39, 0.29) is 0 Å². The molecule has 0 saturated carbocycles. The zero-order valence-corrected chi connectivity index (χ0v) is 12.0. The molecule has 4 N–H and O–H groups in total. The Hall–Kier alpha value is -1.67. The SMILES string of the molecule is Cc1nc(NC(=O)NCC(C)(O)C(=O)O)ccc1Br. The van der Waals surface area contributed by atoms with Crippen LogP contribution in [0.15, 0.2) is 16.6 Å². The van der Waals surface area contributed by atoms with Gasteiger partial charge < -0.3 is 15.5 Å². The number of carbonyl (C=O) groups is 2. The molecule has 19 heavy (non-hydrogen) atoms. The van der Waals surface area contributed by atoms with Crippen LogP contribution in [0.4, 0.5) is 10.6 Å². The van der Waals surface area contributed by atoms with E-state index in [2.05, 4.69) is 31.5 Å². The van der Waals surface area contributed by atoms with Crippen molar-refractivity contribution in [1.82, 2.24) is 10.3 Å². The average molecular weight is 332 g/mol. The maximum absolute atomic E-state index is 11.5. The Balaban J connectivity index is 2.56. The molecule has 0 aliphatic rings. The van der Waals surface area contributed by atoms with Gasteiger partial charge in [-0.1, -0.05) is 0 Å². The molecule has 0 saturated heterocycles. The molecule has 104 valence electrons. The number of nitrogens with one attached hydrogen (secondary N) is 2. The zero-order chi connectivity index (χ0) is 14.6. The van der Waals surface area contributed by atoms with E-state index in [0.717, 1.165) is 11.4 Å². The van der Waals surface area contributed by atoms with Crippen molar-refractivity contribution in [3.8, 4) is 0 Å². The second kappa shape index (κ2) is 5.98. The van der Waals surface area contributed by atoms with Crippen molar-refractivity contribution in [3.05, 3.63) is 22.3 Å². The summed E-state index contributed by atoms with van der Waals surface area (Å²) >= 11 is 3.28. The molecule has 1 unspecified atom stereocenters. The number of carboxylic acid groups (broad SMARTS) is 1. The summed E-state index contributed by atoms with van der Waals surface area (Å²) in [5.41, 5.74) is -1.31. The van der Waals surface area contributed by atoms with E-state index < -0.39 is 24.1 Å². The number of aliphatic carboxylic acids is 1. The molecule has 7 nitrogen and oxygen atoms in total. The minimum absolute atomic E-state index is 0.327. The Morgan fingerprint density at radius 2 is 2.11 bits per heavy atom. The van der Waals surface area contributed by atoms with Gasteiger partial charge >= 0.3 is 12.0 Å². The number of nitrogens with zero attached hydrogens (tertiary/aromatic N) is 1. The number of anilines is 1. The fraction of sp³-hybridized carbons (Fsp3) is 0.364. The number of hydrogen-bond acceptors (Lipinski definition) is 4. The molecular formula is C11H14BrN3O4. The maximum Gasteiger partial charge on any atom is 0.337 e.